The van der Waals surface area contributed by atoms with Crippen LogP contribution in [0.2, 0.25) is 0 Å². The molecular formula is C21H25F2N5O. The molecule has 1 amide bonds. The molecule has 0 aromatic heterocycles. The first-order valence-electron chi connectivity index (χ1n) is 9.55. The Bertz CT molecular complexity index is 852. The van der Waals surface area contributed by atoms with Crippen LogP contribution in [0, 0.1) is 17.6 Å². The Hall–Kier alpha value is -2.84. The van der Waals surface area contributed by atoms with Gasteiger partial charge in [0, 0.05) is 24.6 Å². The maximum atomic E-state index is 13.1. The smallest absolute Gasteiger partial charge is 0.257 e. The minimum atomic E-state index is -0.401. The summed E-state index contributed by atoms with van der Waals surface area (Å²) in [6, 6.07) is 11.6. The van der Waals surface area contributed by atoms with Crippen LogP contribution in [0.15, 0.2) is 53.5 Å². The lowest BCUT2D eigenvalue weighted by atomic mass is 10.0. The first kappa shape index (κ1) is 20.9. The molecular weight excluding hydrogens is 376 g/mol. The summed E-state index contributed by atoms with van der Waals surface area (Å²) in [4.78, 5) is 16.9. The highest BCUT2D eigenvalue weighted by molar-refractivity contribution is 6.05. The molecule has 1 aliphatic rings. The SMILES string of the molecule is CC(C)CN=C(NC(=O)c1ccc(F)cc1)NC1CC(c2ccc(F)cc2)NN1. The molecule has 8 heteroatoms. The van der Waals surface area contributed by atoms with Crippen LogP contribution in [0.5, 0.6) is 0 Å². The fraction of sp³-hybridized carbons (Fsp3) is 0.333. The highest BCUT2D eigenvalue weighted by Crippen LogP contribution is 2.21. The largest absolute Gasteiger partial charge is 0.339 e. The third-order valence-electron chi connectivity index (χ3n) is 4.44. The van der Waals surface area contributed by atoms with Crippen LogP contribution < -0.4 is 21.5 Å². The van der Waals surface area contributed by atoms with Gasteiger partial charge in [0.1, 0.15) is 11.6 Å². The number of rotatable bonds is 5. The molecule has 2 atom stereocenters. The number of aliphatic imine (C=N–C) groups is 1. The summed E-state index contributed by atoms with van der Waals surface area (Å²) in [5.74, 6) is -0.397. The average molecular weight is 401 g/mol. The van der Waals surface area contributed by atoms with Crippen molar-refractivity contribution in [3.05, 3.63) is 71.3 Å². The van der Waals surface area contributed by atoms with E-state index in [1.165, 1.54) is 36.4 Å². The van der Waals surface area contributed by atoms with E-state index in [-0.39, 0.29) is 23.9 Å². The van der Waals surface area contributed by atoms with Gasteiger partial charge in [-0.25, -0.2) is 19.6 Å². The number of carbonyl (C=O) groups is 1. The Labute approximate surface area is 168 Å². The molecule has 3 rings (SSSR count). The van der Waals surface area contributed by atoms with Gasteiger partial charge in [0.2, 0.25) is 0 Å². The van der Waals surface area contributed by atoms with Crippen molar-refractivity contribution >= 4 is 11.9 Å². The standard InChI is InChI=1S/C21H25F2N5O/c1-13(2)12-24-21(26-20(29)15-5-9-17(23)10-6-15)25-19-11-18(27-28-19)14-3-7-16(22)8-4-14/h3-10,13,18-19,27-28H,11-12H2,1-2H3,(H2,24,25,26,29). The van der Waals surface area contributed by atoms with Gasteiger partial charge in [0.15, 0.2) is 5.96 Å². The maximum Gasteiger partial charge on any atom is 0.257 e. The Morgan fingerprint density at radius 3 is 2.31 bits per heavy atom. The van der Waals surface area contributed by atoms with Gasteiger partial charge in [-0.05, 0) is 47.9 Å². The predicted octanol–water partition coefficient (Wildman–Crippen LogP) is 2.86. The summed E-state index contributed by atoms with van der Waals surface area (Å²) >= 11 is 0. The van der Waals surface area contributed by atoms with E-state index < -0.39 is 5.82 Å². The van der Waals surface area contributed by atoms with E-state index in [0.717, 1.165) is 5.56 Å². The number of hydrazine groups is 1. The van der Waals surface area contributed by atoms with Gasteiger partial charge < -0.3 is 5.32 Å². The van der Waals surface area contributed by atoms with E-state index in [4.69, 9.17) is 0 Å². The van der Waals surface area contributed by atoms with E-state index >= 15 is 0 Å². The van der Waals surface area contributed by atoms with Crippen molar-refractivity contribution in [2.45, 2.75) is 32.5 Å². The molecule has 2 aromatic rings. The number of hydrogen-bond acceptors (Lipinski definition) is 4. The molecule has 6 nitrogen and oxygen atoms in total. The van der Waals surface area contributed by atoms with Crippen LogP contribution in [-0.4, -0.2) is 24.6 Å². The van der Waals surface area contributed by atoms with Gasteiger partial charge >= 0.3 is 0 Å². The molecule has 0 saturated carbocycles. The first-order chi connectivity index (χ1) is 13.9. The molecule has 0 spiro atoms. The van der Waals surface area contributed by atoms with E-state index in [0.29, 0.717) is 30.4 Å². The molecule has 2 unspecified atom stereocenters. The first-order valence-corrected chi connectivity index (χ1v) is 9.55. The molecule has 4 N–H and O–H groups in total. The lowest BCUT2D eigenvalue weighted by Gasteiger charge is -2.17. The summed E-state index contributed by atoms with van der Waals surface area (Å²) < 4.78 is 26.2. The Morgan fingerprint density at radius 2 is 1.69 bits per heavy atom. The van der Waals surface area contributed by atoms with Crippen LogP contribution in [0.4, 0.5) is 8.78 Å². The third-order valence-corrected chi connectivity index (χ3v) is 4.44. The van der Waals surface area contributed by atoms with Crippen LogP contribution in [-0.2, 0) is 0 Å². The zero-order valence-electron chi connectivity index (χ0n) is 16.4. The van der Waals surface area contributed by atoms with Crippen LogP contribution in [0.1, 0.15) is 42.2 Å². The van der Waals surface area contributed by atoms with E-state index in [1.54, 1.807) is 12.1 Å². The Kier molecular flexibility index (Phi) is 6.90. The summed E-state index contributed by atoms with van der Waals surface area (Å²) in [5.41, 5.74) is 7.58. The van der Waals surface area contributed by atoms with Crippen molar-refractivity contribution in [1.29, 1.82) is 0 Å². The summed E-state index contributed by atoms with van der Waals surface area (Å²) in [6.07, 6.45) is 0.475. The second-order valence-corrected chi connectivity index (χ2v) is 7.37. The van der Waals surface area contributed by atoms with Crippen molar-refractivity contribution in [1.82, 2.24) is 21.5 Å². The molecule has 1 aliphatic heterocycles. The van der Waals surface area contributed by atoms with Crippen LogP contribution in [0.3, 0.4) is 0 Å². The van der Waals surface area contributed by atoms with Crippen molar-refractivity contribution in [2.24, 2.45) is 10.9 Å². The normalized spacial score (nSPS) is 19.4. The second kappa shape index (κ2) is 9.58. The Morgan fingerprint density at radius 1 is 1.07 bits per heavy atom. The minimum Gasteiger partial charge on any atom is -0.339 e. The van der Waals surface area contributed by atoms with Gasteiger partial charge in [-0.1, -0.05) is 26.0 Å². The quantitative estimate of drug-likeness (QED) is 0.459. The van der Waals surface area contributed by atoms with Gasteiger partial charge in [-0.2, -0.15) is 0 Å². The number of benzene rings is 2. The summed E-state index contributed by atoms with van der Waals surface area (Å²) in [6.45, 7) is 4.60. The fourth-order valence-electron chi connectivity index (χ4n) is 2.91. The van der Waals surface area contributed by atoms with E-state index in [9.17, 15) is 13.6 Å². The number of amides is 1. The second-order valence-electron chi connectivity index (χ2n) is 7.37. The average Bonchev–Trinajstić information content (AvgIpc) is 3.15. The van der Waals surface area contributed by atoms with Crippen molar-refractivity contribution in [2.75, 3.05) is 6.54 Å². The van der Waals surface area contributed by atoms with Crippen molar-refractivity contribution in [3.63, 3.8) is 0 Å². The topological polar surface area (TPSA) is 77.5 Å². The highest BCUT2D eigenvalue weighted by atomic mass is 19.1. The lowest BCUT2D eigenvalue weighted by molar-refractivity contribution is 0.0975. The molecule has 1 fully saturated rings. The summed E-state index contributed by atoms with van der Waals surface area (Å²) in [7, 11) is 0. The number of guanidine groups is 1. The van der Waals surface area contributed by atoms with Crippen molar-refractivity contribution < 1.29 is 13.6 Å². The number of halogens is 2. The number of carbonyl (C=O) groups excluding carboxylic acids is 1. The molecule has 0 bridgehead atoms. The van der Waals surface area contributed by atoms with Gasteiger partial charge in [0.25, 0.3) is 5.91 Å². The number of nitrogens with one attached hydrogen (secondary N) is 4. The maximum absolute atomic E-state index is 13.1. The van der Waals surface area contributed by atoms with Crippen molar-refractivity contribution in [3.8, 4) is 0 Å². The third kappa shape index (κ3) is 6.07. The number of nitrogens with zero attached hydrogens (tertiary/aromatic N) is 1. The van der Waals surface area contributed by atoms with Gasteiger partial charge in [-0.3, -0.25) is 15.1 Å². The highest BCUT2D eigenvalue weighted by Gasteiger charge is 2.26. The lowest BCUT2D eigenvalue weighted by Crippen LogP contribution is -2.50. The van der Waals surface area contributed by atoms with Crippen LogP contribution >= 0.6 is 0 Å². The Balaban J connectivity index is 1.64. The summed E-state index contributed by atoms with van der Waals surface area (Å²) in [5, 5.41) is 5.95. The predicted molar refractivity (Wildman–Crippen MR) is 108 cm³/mol. The molecule has 0 aliphatic carbocycles. The molecule has 2 aromatic carbocycles. The van der Waals surface area contributed by atoms with E-state index in [1.807, 2.05) is 13.8 Å². The van der Waals surface area contributed by atoms with E-state index in [2.05, 4.69) is 26.5 Å². The molecule has 29 heavy (non-hydrogen) atoms. The monoisotopic (exact) mass is 401 g/mol. The number of hydrogen-bond donors (Lipinski definition) is 4. The van der Waals surface area contributed by atoms with Crippen LogP contribution in [0.25, 0.3) is 0 Å². The zero-order chi connectivity index (χ0) is 20.8. The van der Waals surface area contributed by atoms with Gasteiger partial charge in [0.05, 0.1) is 6.17 Å². The van der Waals surface area contributed by atoms with Gasteiger partial charge in [-0.15, -0.1) is 0 Å². The molecule has 154 valence electrons. The fourth-order valence-corrected chi connectivity index (χ4v) is 2.91. The molecule has 1 saturated heterocycles. The minimum absolute atomic E-state index is 0.00718. The molecule has 1 heterocycles. The molecule has 0 radical (unpaired) electrons. The zero-order valence-corrected chi connectivity index (χ0v) is 16.4.